The summed E-state index contributed by atoms with van der Waals surface area (Å²) in [7, 11) is 1.63. The highest BCUT2D eigenvalue weighted by molar-refractivity contribution is 8.02. The molecule has 7 nitrogen and oxygen atoms in total. The zero-order valence-electron chi connectivity index (χ0n) is 15.3. The lowest BCUT2D eigenvalue weighted by atomic mass is 10.1. The van der Waals surface area contributed by atoms with Crippen LogP contribution in [0.3, 0.4) is 0 Å². The largest absolute Gasteiger partial charge is 0.497 e. The van der Waals surface area contributed by atoms with E-state index in [1.54, 1.807) is 11.8 Å². The molecule has 138 valence electrons. The molecule has 0 saturated carbocycles. The number of methoxy groups -OCH3 is 1. The van der Waals surface area contributed by atoms with Crippen molar-refractivity contribution in [2.24, 2.45) is 0 Å². The smallest absolute Gasteiger partial charge is 0.179 e. The van der Waals surface area contributed by atoms with Gasteiger partial charge in [0.15, 0.2) is 5.78 Å². The van der Waals surface area contributed by atoms with Crippen molar-refractivity contribution < 1.29 is 14.4 Å². The molecule has 8 heteroatoms. The van der Waals surface area contributed by atoms with Gasteiger partial charge in [-0.2, -0.15) is 0 Å². The summed E-state index contributed by atoms with van der Waals surface area (Å²) in [4.78, 5) is 17.6. The van der Waals surface area contributed by atoms with Gasteiger partial charge in [-0.05, 0) is 37.6 Å². The lowest BCUT2D eigenvalue weighted by molar-refractivity contribution is -0.0126. The van der Waals surface area contributed by atoms with Crippen molar-refractivity contribution in [1.29, 1.82) is 0 Å². The fourth-order valence-corrected chi connectivity index (χ4v) is 3.57. The predicted molar refractivity (Wildman–Crippen MR) is 99.8 cm³/mol. The van der Waals surface area contributed by atoms with Gasteiger partial charge >= 0.3 is 0 Å². The first kappa shape index (κ1) is 18.5. The summed E-state index contributed by atoms with van der Waals surface area (Å²) < 4.78 is 6.82. The molecule has 0 amide bonds. The second kappa shape index (κ2) is 7.51. The summed E-state index contributed by atoms with van der Waals surface area (Å²) in [5.74, 6) is 1.28. The molecular formula is C18H22N4O3S. The van der Waals surface area contributed by atoms with Crippen LogP contribution in [-0.2, 0) is 17.1 Å². The minimum Gasteiger partial charge on any atom is -0.497 e. The number of hydrogen-bond donors (Lipinski definition) is 1. The molecule has 0 unspecified atom stereocenters. The molecule has 2 aromatic rings. The van der Waals surface area contributed by atoms with Crippen LogP contribution in [0.25, 0.3) is 0 Å². The number of aromatic nitrogens is 3. The molecule has 0 radical (unpaired) electrons. The van der Waals surface area contributed by atoms with Crippen LogP contribution >= 0.6 is 11.8 Å². The zero-order chi connectivity index (χ0) is 18.7. The Kier molecular flexibility index (Phi) is 5.33. The first-order valence-electron chi connectivity index (χ1n) is 8.24. The number of nitrogens with one attached hydrogen (secondary N) is 1. The summed E-state index contributed by atoms with van der Waals surface area (Å²) in [6.07, 6.45) is 2.01. The third kappa shape index (κ3) is 4.25. The maximum Gasteiger partial charge on any atom is 0.179 e. The number of hydroxylamine groups is 1. The van der Waals surface area contributed by atoms with Gasteiger partial charge in [-0.3, -0.25) is 15.1 Å². The van der Waals surface area contributed by atoms with Gasteiger partial charge in [0.05, 0.1) is 18.7 Å². The van der Waals surface area contributed by atoms with Crippen molar-refractivity contribution in [3.63, 3.8) is 0 Å². The van der Waals surface area contributed by atoms with Crippen molar-refractivity contribution >= 4 is 17.5 Å². The molecule has 0 atom stereocenters. The molecule has 0 bridgehead atoms. The van der Waals surface area contributed by atoms with Crippen LogP contribution < -0.4 is 10.2 Å². The lowest BCUT2D eigenvalue weighted by Gasteiger charge is -2.11. The van der Waals surface area contributed by atoms with E-state index in [1.165, 1.54) is 18.7 Å². The number of hydrogen-bond acceptors (Lipinski definition) is 7. The lowest BCUT2D eigenvalue weighted by Crippen LogP contribution is -2.20. The standard InChI is InChI=1S/C18H22N4O3S/c1-12(23)17-15(11-26-16-9-18(2,3)25-20-16)19-21-22(17)10-13-5-7-14(24-4)8-6-13/h5-9,20H,10-11H2,1-4H3. The Bertz CT molecular complexity index is 827. The number of carbonyl (C=O) groups is 1. The highest BCUT2D eigenvalue weighted by atomic mass is 32.2. The highest BCUT2D eigenvalue weighted by Crippen LogP contribution is 2.28. The van der Waals surface area contributed by atoms with E-state index in [1.807, 2.05) is 44.2 Å². The van der Waals surface area contributed by atoms with Gasteiger partial charge < -0.3 is 4.74 Å². The van der Waals surface area contributed by atoms with E-state index in [2.05, 4.69) is 15.8 Å². The van der Waals surface area contributed by atoms with Gasteiger partial charge in [-0.25, -0.2) is 4.68 Å². The van der Waals surface area contributed by atoms with Gasteiger partial charge in [-0.1, -0.05) is 17.3 Å². The van der Waals surface area contributed by atoms with Crippen molar-refractivity contribution in [2.75, 3.05) is 7.11 Å². The van der Waals surface area contributed by atoms with Crippen molar-refractivity contribution in [2.45, 2.75) is 38.7 Å². The minimum absolute atomic E-state index is 0.0518. The second-order valence-corrected chi connectivity index (χ2v) is 7.57. The third-order valence-electron chi connectivity index (χ3n) is 3.89. The molecule has 3 rings (SSSR count). The van der Waals surface area contributed by atoms with Crippen LogP contribution in [0.15, 0.2) is 35.4 Å². The summed E-state index contributed by atoms with van der Waals surface area (Å²) in [6, 6.07) is 7.67. The molecule has 1 aliphatic heterocycles. The number of Topliss-reactive ketones (excluding diaryl/α,β-unsaturated/α-hetero) is 1. The van der Waals surface area contributed by atoms with E-state index in [0.717, 1.165) is 16.3 Å². The van der Waals surface area contributed by atoms with Crippen LogP contribution in [0.1, 0.15) is 42.5 Å². The number of ketones is 1. The van der Waals surface area contributed by atoms with E-state index >= 15 is 0 Å². The average molecular weight is 374 g/mol. The Morgan fingerprint density at radius 3 is 2.65 bits per heavy atom. The summed E-state index contributed by atoms with van der Waals surface area (Å²) >= 11 is 1.54. The summed E-state index contributed by atoms with van der Waals surface area (Å²) in [5, 5.41) is 9.31. The fourth-order valence-electron chi connectivity index (χ4n) is 2.62. The molecule has 1 aromatic heterocycles. The number of nitrogens with zero attached hydrogens (tertiary/aromatic N) is 3. The Morgan fingerprint density at radius 2 is 2.08 bits per heavy atom. The van der Waals surface area contributed by atoms with Crippen LogP contribution in [0.5, 0.6) is 5.75 Å². The Balaban J connectivity index is 1.74. The van der Waals surface area contributed by atoms with Crippen molar-refractivity contribution in [1.82, 2.24) is 20.5 Å². The fraction of sp³-hybridized carbons (Fsp3) is 0.389. The second-order valence-electron chi connectivity index (χ2n) is 6.55. The van der Waals surface area contributed by atoms with Gasteiger partial charge in [0, 0.05) is 12.7 Å². The van der Waals surface area contributed by atoms with Crippen molar-refractivity contribution in [3.8, 4) is 5.75 Å². The molecule has 1 N–H and O–H groups in total. The molecular weight excluding hydrogens is 352 g/mol. The molecule has 0 spiro atoms. The number of carbonyl (C=O) groups excluding carboxylic acids is 1. The van der Waals surface area contributed by atoms with Crippen LogP contribution in [-0.4, -0.2) is 33.5 Å². The van der Waals surface area contributed by atoms with E-state index in [4.69, 9.17) is 9.57 Å². The minimum atomic E-state index is -0.336. The highest BCUT2D eigenvalue weighted by Gasteiger charge is 2.25. The molecule has 0 saturated heterocycles. The van der Waals surface area contributed by atoms with Gasteiger partial charge in [0.25, 0.3) is 0 Å². The molecule has 1 aromatic carbocycles. The van der Waals surface area contributed by atoms with Gasteiger partial charge in [-0.15, -0.1) is 16.9 Å². The van der Waals surface area contributed by atoms with E-state index in [9.17, 15) is 4.79 Å². The maximum atomic E-state index is 12.2. The van der Waals surface area contributed by atoms with E-state index in [-0.39, 0.29) is 11.4 Å². The predicted octanol–water partition coefficient (Wildman–Crippen LogP) is 2.93. The Morgan fingerprint density at radius 1 is 1.35 bits per heavy atom. The van der Waals surface area contributed by atoms with E-state index in [0.29, 0.717) is 23.7 Å². The molecule has 26 heavy (non-hydrogen) atoms. The molecule has 0 aliphatic carbocycles. The van der Waals surface area contributed by atoms with Gasteiger partial charge in [0.1, 0.15) is 22.7 Å². The van der Waals surface area contributed by atoms with Crippen LogP contribution in [0.2, 0.25) is 0 Å². The molecule has 2 heterocycles. The maximum absolute atomic E-state index is 12.2. The molecule has 0 fully saturated rings. The van der Waals surface area contributed by atoms with E-state index < -0.39 is 0 Å². The van der Waals surface area contributed by atoms with Crippen molar-refractivity contribution in [3.05, 3.63) is 52.3 Å². The Labute approximate surface area is 156 Å². The Hall–Kier alpha value is -2.32. The first-order valence-corrected chi connectivity index (χ1v) is 9.22. The monoisotopic (exact) mass is 374 g/mol. The summed E-state index contributed by atoms with van der Waals surface area (Å²) in [5.41, 5.74) is 4.79. The number of ether oxygens (including phenoxy) is 1. The van der Waals surface area contributed by atoms with Gasteiger partial charge in [0.2, 0.25) is 0 Å². The summed E-state index contributed by atoms with van der Waals surface area (Å²) in [6.45, 7) is 5.96. The SMILES string of the molecule is COc1ccc(Cn2nnc(CSC3=CC(C)(C)ON3)c2C(C)=O)cc1. The number of benzene rings is 1. The number of thioether (sulfide) groups is 1. The first-order chi connectivity index (χ1) is 12.4. The van der Waals surface area contributed by atoms with Crippen LogP contribution in [0.4, 0.5) is 0 Å². The topological polar surface area (TPSA) is 78.3 Å². The number of rotatable bonds is 7. The average Bonchev–Trinajstić information content (AvgIpc) is 3.16. The quantitative estimate of drug-likeness (QED) is 0.747. The molecule has 1 aliphatic rings. The zero-order valence-corrected chi connectivity index (χ0v) is 16.1. The normalized spacial score (nSPS) is 15.5. The third-order valence-corrected chi connectivity index (χ3v) is 4.82. The van der Waals surface area contributed by atoms with Crippen LogP contribution in [0, 0.1) is 0 Å².